The number of methoxy groups -OCH3 is 1. The maximum absolute atomic E-state index is 13.6. The van der Waals surface area contributed by atoms with E-state index in [4.69, 9.17) is 35.3 Å². The Balaban J connectivity index is 1.33. The van der Waals surface area contributed by atoms with Gasteiger partial charge in [-0.15, -0.1) is 11.6 Å². The number of nitrogens with one attached hydrogen (secondary N) is 1. The Bertz CT molecular complexity index is 1540. The molecule has 2 aromatic rings. The quantitative estimate of drug-likeness (QED) is 0.181. The molecule has 2 fully saturated rings. The van der Waals surface area contributed by atoms with E-state index in [1.54, 1.807) is 49.5 Å². The molecule has 6 rings (SSSR count). The van der Waals surface area contributed by atoms with Crippen LogP contribution in [0.15, 0.2) is 66.4 Å². The molecule has 252 valence electrons. The first-order valence-electron chi connectivity index (χ1n) is 16.2. The topological polar surface area (TPSA) is 133 Å². The largest absolute Gasteiger partial charge is 0.456 e. The van der Waals surface area contributed by atoms with Gasteiger partial charge in [-0.3, -0.25) is 0 Å². The molecule has 11 heteroatoms. The Morgan fingerprint density at radius 2 is 1.89 bits per heavy atom. The third kappa shape index (κ3) is 5.83. The Labute approximate surface area is 279 Å². The lowest BCUT2D eigenvalue weighted by molar-refractivity contribution is -0.172. The summed E-state index contributed by atoms with van der Waals surface area (Å²) in [5, 5.41) is 11.9. The number of hydrogen-bond donors (Lipinski definition) is 2. The number of halogens is 1. The van der Waals surface area contributed by atoms with Crippen LogP contribution >= 0.6 is 11.6 Å². The van der Waals surface area contributed by atoms with Crippen molar-refractivity contribution in [3.8, 4) is 0 Å². The van der Waals surface area contributed by atoms with Gasteiger partial charge in [0.05, 0.1) is 11.7 Å². The van der Waals surface area contributed by atoms with Crippen molar-refractivity contribution in [1.82, 2.24) is 4.98 Å². The van der Waals surface area contributed by atoms with E-state index in [2.05, 4.69) is 4.98 Å². The summed E-state index contributed by atoms with van der Waals surface area (Å²) in [4.78, 5) is 42.7. The Hall–Kier alpha value is -3.44. The van der Waals surface area contributed by atoms with E-state index in [-0.39, 0.29) is 24.2 Å². The molecule has 3 heterocycles. The molecule has 4 bridgehead atoms. The number of benzene rings is 1. The van der Waals surface area contributed by atoms with Gasteiger partial charge in [-0.05, 0) is 55.7 Å². The number of aromatic amines is 1. The zero-order chi connectivity index (χ0) is 33.6. The Morgan fingerprint density at radius 3 is 2.55 bits per heavy atom. The lowest BCUT2D eigenvalue weighted by Gasteiger charge is -2.48. The van der Waals surface area contributed by atoms with E-state index < -0.39 is 72.0 Å². The molecule has 2 aliphatic heterocycles. The summed E-state index contributed by atoms with van der Waals surface area (Å²) in [6.07, 6.45) is 3.22. The van der Waals surface area contributed by atoms with Gasteiger partial charge in [0.15, 0.2) is 6.10 Å². The van der Waals surface area contributed by atoms with Crippen molar-refractivity contribution in [2.75, 3.05) is 7.11 Å². The SMILES string of the molecule is CO[C@H]1CC2C=C[C@H]3[C@H]4O[C@]2(/C(C)=C/[C@@H](C)[C@@H]([C@@H](C)OC(=O)c2ccc(CCl)cc2)OC1=O)[C@@H]3[C@H](O)[C@@H](C)[C@H]4OC(=O)c1ccc[nH]1. The van der Waals surface area contributed by atoms with Gasteiger partial charge in [-0.2, -0.15) is 0 Å². The van der Waals surface area contributed by atoms with Crippen LogP contribution in [0.4, 0.5) is 0 Å². The monoisotopic (exact) mass is 667 g/mol. The van der Waals surface area contributed by atoms with Crippen molar-refractivity contribution in [2.24, 2.45) is 29.6 Å². The molecule has 2 N–H and O–H groups in total. The molecule has 0 amide bonds. The number of ether oxygens (including phenoxy) is 5. The van der Waals surface area contributed by atoms with Gasteiger partial charge >= 0.3 is 17.9 Å². The fourth-order valence-corrected chi connectivity index (χ4v) is 8.34. The number of hydrogen-bond acceptors (Lipinski definition) is 9. The van der Waals surface area contributed by atoms with E-state index in [1.165, 1.54) is 7.11 Å². The predicted octanol–water partition coefficient (Wildman–Crippen LogP) is 5.00. The fraction of sp³-hybridized carbons (Fsp3) is 0.528. The second-order valence-electron chi connectivity index (χ2n) is 13.3. The van der Waals surface area contributed by atoms with Crippen molar-refractivity contribution in [1.29, 1.82) is 0 Å². The molecule has 1 spiro atoms. The number of cyclic esters (lactones) is 1. The highest BCUT2D eigenvalue weighted by Gasteiger charge is 2.69. The predicted molar refractivity (Wildman–Crippen MR) is 171 cm³/mol. The highest BCUT2D eigenvalue weighted by atomic mass is 35.5. The summed E-state index contributed by atoms with van der Waals surface area (Å²) < 4.78 is 30.6. The highest BCUT2D eigenvalue weighted by Crippen LogP contribution is 2.61. The number of aromatic nitrogens is 1. The Kier molecular flexibility index (Phi) is 9.41. The first-order chi connectivity index (χ1) is 22.5. The third-order valence-electron chi connectivity index (χ3n) is 10.6. The van der Waals surface area contributed by atoms with E-state index in [0.717, 1.165) is 11.1 Å². The number of H-pyrrole nitrogens is 1. The van der Waals surface area contributed by atoms with Crippen molar-refractivity contribution in [3.05, 3.63) is 83.2 Å². The van der Waals surface area contributed by atoms with Crippen molar-refractivity contribution in [2.45, 2.75) is 82.2 Å². The molecule has 0 radical (unpaired) electrons. The highest BCUT2D eigenvalue weighted by molar-refractivity contribution is 6.17. The zero-order valence-corrected chi connectivity index (χ0v) is 27.9. The van der Waals surface area contributed by atoms with Crippen molar-refractivity contribution < 1.29 is 43.2 Å². The number of carbonyl (C=O) groups excluding carboxylic acids is 3. The van der Waals surface area contributed by atoms with Gasteiger partial charge in [0.25, 0.3) is 0 Å². The van der Waals surface area contributed by atoms with Crippen LogP contribution in [-0.2, 0) is 34.4 Å². The summed E-state index contributed by atoms with van der Waals surface area (Å²) in [5.41, 5.74) is 1.39. The molecule has 1 saturated carbocycles. The van der Waals surface area contributed by atoms with Crippen LogP contribution in [0.25, 0.3) is 0 Å². The minimum atomic E-state index is -1.01. The molecule has 47 heavy (non-hydrogen) atoms. The number of rotatable bonds is 7. The summed E-state index contributed by atoms with van der Waals surface area (Å²) in [6, 6.07) is 10.2. The first-order valence-corrected chi connectivity index (χ1v) is 16.7. The van der Waals surface area contributed by atoms with Crippen LogP contribution in [0.3, 0.4) is 0 Å². The molecule has 1 aromatic carbocycles. The molecule has 4 aliphatic rings. The Morgan fingerprint density at radius 1 is 1.15 bits per heavy atom. The normalized spacial score (nSPS) is 37.9. The minimum Gasteiger partial charge on any atom is -0.456 e. The second kappa shape index (κ2) is 13.2. The van der Waals surface area contributed by atoms with Crippen LogP contribution in [0.5, 0.6) is 0 Å². The van der Waals surface area contributed by atoms with Gasteiger partial charge in [0.2, 0.25) is 0 Å². The number of alkyl halides is 1. The molecule has 1 unspecified atom stereocenters. The molecule has 12 atom stereocenters. The third-order valence-corrected chi connectivity index (χ3v) is 10.9. The average molecular weight is 668 g/mol. The summed E-state index contributed by atoms with van der Waals surface area (Å²) in [6.45, 7) is 7.44. The summed E-state index contributed by atoms with van der Waals surface area (Å²) in [5.74, 6) is -3.09. The molecule has 2 aliphatic carbocycles. The molecule has 10 nitrogen and oxygen atoms in total. The smallest absolute Gasteiger partial charge is 0.355 e. The van der Waals surface area contributed by atoms with E-state index >= 15 is 0 Å². The van der Waals surface area contributed by atoms with Crippen LogP contribution in [0.2, 0.25) is 0 Å². The van der Waals surface area contributed by atoms with Crippen molar-refractivity contribution in [3.63, 3.8) is 0 Å². The van der Waals surface area contributed by atoms with Crippen LogP contribution < -0.4 is 0 Å². The molecular weight excluding hydrogens is 626 g/mol. The standard InChI is InChI=1S/C36H42ClNO9/c1-18-15-19(2)36-24(12-13-25-28(36)29(39)20(3)31(32(25)47-36)46-34(41)26-7-6-14-38-26)16-27(43-5)35(42)45-30(18)21(4)44-33(40)23-10-8-22(17-37)9-11-23/h6-15,18,20-21,24-25,27-32,38-39H,16-17H2,1-5H3/b19-15+/t18-,20-,21-,24?,25-,27+,28+,29-,30+,31-,32-,36+/m1/s1. The van der Waals surface area contributed by atoms with Gasteiger partial charge in [-0.1, -0.05) is 44.2 Å². The molecule has 1 saturated heterocycles. The maximum Gasteiger partial charge on any atom is 0.355 e. The maximum atomic E-state index is 13.6. The fourth-order valence-electron chi connectivity index (χ4n) is 8.16. The number of esters is 3. The van der Waals surface area contributed by atoms with Gasteiger partial charge in [0, 0.05) is 48.8 Å². The molecular formula is C36H42ClNO9. The summed E-state index contributed by atoms with van der Waals surface area (Å²) in [7, 11) is 1.45. The minimum absolute atomic E-state index is 0.225. The number of carbonyl (C=O) groups is 3. The number of aliphatic hydroxyl groups is 1. The van der Waals surface area contributed by atoms with E-state index in [1.807, 2.05) is 39.0 Å². The lowest BCUT2D eigenvalue weighted by atomic mass is 9.57. The van der Waals surface area contributed by atoms with Gasteiger partial charge in [0.1, 0.15) is 35.7 Å². The van der Waals surface area contributed by atoms with Gasteiger partial charge in [-0.25, -0.2) is 14.4 Å². The van der Waals surface area contributed by atoms with Crippen LogP contribution in [0, 0.1) is 29.6 Å². The zero-order valence-electron chi connectivity index (χ0n) is 27.1. The summed E-state index contributed by atoms with van der Waals surface area (Å²) >= 11 is 5.89. The average Bonchev–Trinajstić information content (AvgIpc) is 3.67. The van der Waals surface area contributed by atoms with E-state index in [0.29, 0.717) is 17.1 Å². The first kappa shape index (κ1) is 33.5. The van der Waals surface area contributed by atoms with Crippen LogP contribution in [0.1, 0.15) is 60.5 Å². The second-order valence-corrected chi connectivity index (χ2v) is 13.6. The lowest BCUT2D eigenvalue weighted by Crippen LogP contribution is -2.57. The van der Waals surface area contributed by atoms with Crippen molar-refractivity contribution >= 4 is 29.5 Å². The number of aliphatic hydroxyl groups excluding tert-OH is 1. The molecule has 1 aromatic heterocycles. The van der Waals surface area contributed by atoms with Gasteiger partial charge < -0.3 is 33.8 Å². The van der Waals surface area contributed by atoms with Crippen LogP contribution in [-0.4, -0.2) is 77.3 Å². The van der Waals surface area contributed by atoms with E-state index in [9.17, 15) is 19.5 Å².